The monoisotopic (exact) mass is 281 g/mol. The zero-order valence-electron chi connectivity index (χ0n) is 11.7. The summed E-state index contributed by atoms with van der Waals surface area (Å²) in [6.07, 6.45) is 6.93. The van der Waals surface area contributed by atoms with Crippen molar-refractivity contribution < 1.29 is 0 Å². The first-order valence-corrected chi connectivity index (χ1v) is 7.72. The van der Waals surface area contributed by atoms with E-state index in [0.29, 0.717) is 6.04 Å². The quantitative estimate of drug-likeness (QED) is 0.868. The van der Waals surface area contributed by atoms with Crippen molar-refractivity contribution in [2.45, 2.75) is 45.2 Å². The van der Waals surface area contributed by atoms with Crippen molar-refractivity contribution in [3.63, 3.8) is 0 Å². The minimum atomic E-state index is 0.638. The maximum Gasteiger partial charge on any atom is 0.0558 e. The van der Waals surface area contributed by atoms with E-state index < -0.39 is 0 Å². The molecule has 2 rings (SSSR count). The van der Waals surface area contributed by atoms with Gasteiger partial charge in [-0.3, -0.25) is 9.88 Å². The van der Waals surface area contributed by atoms with E-state index in [1.807, 2.05) is 12.1 Å². The molecule has 1 N–H and O–H groups in total. The van der Waals surface area contributed by atoms with Gasteiger partial charge in [0.25, 0.3) is 0 Å². The van der Waals surface area contributed by atoms with Gasteiger partial charge in [-0.15, -0.1) is 0 Å². The van der Waals surface area contributed by atoms with Crippen LogP contribution in [0, 0.1) is 0 Å². The van der Waals surface area contributed by atoms with Crippen molar-refractivity contribution in [2.75, 3.05) is 19.6 Å². The van der Waals surface area contributed by atoms with Gasteiger partial charge < -0.3 is 5.32 Å². The maximum atomic E-state index is 6.03. The van der Waals surface area contributed by atoms with Gasteiger partial charge >= 0.3 is 0 Å². The fraction of sp³-hybridized carbons (Fsp3) is 0.667. The van der Waals surface area contributed by atoms with Gasteiger partial charge in [0.05, 0.1) is 5.69 Å². The van der Waals surface area contributed by atoms with Crippen LogP contribution in [0.3, 0.4) is 0 Å². The summed E-state index contributed by atoms with van der Waals surface area (Å²) in [6, 6.07) is 4.44. The van der Waals surface area contributed by atoms with Gasteiger partial charge in [0.1, 0.15) is 0 Å². The Bertz CT molecular complexity index is 377. The van der Waals surface area contributed by atoms with Gasteiger partial charge in [0.2, 0.25) is 0 Å². The number of halogens is 1. The topological polar surface area (TPSA) is 28.2 Å². The number of nitrogens with one attached hydrogen (secondary N) is 1. The molecule has 0 aliphatic carbocycles. The molecule has 0 saturated carbocycles. The molecule has 3 nitrogen and oxygen atoms in total. The second-order valence-corrected chi connectivity index (χ2v) is 5.78. The lowest BCUT2D eigenvalue weighted by Gasteiger charge is -2.30. The molecule has 1 atom stereocenters. The fourth-order valence-electron chi connectivity index (χ4n) is 2.71. The molecule has 1 aromatic heterocycles. The van der Waals surface area contributed by atoms with Crippen LogP contribution in [0.4, 0.5) is 0 Å². The van der Waals surface area contributed by atoms with Crippen LogP contribution in [0.25, 0.3) is 0 Å². The fourth-order valence-corrected chi connectivity index (χ4v) is 2.89. The molecule has 0 radical (unpaired) electrons. The van der Waals surface area contributed by atoms with Gasteiger partial charge in [-0.25, -0.2) is 0 Å². The summed E-state index contributed by atoms with van der Waals surface area (Å²) in [5.41, 5.74) is 1.07. The van der Waals surface area contributed by atoms with Gasteiger partial charge in [0.15, 0.2) is 0 Å². The third-order valence-electron chi connectivity index (χ3n) is 3.60. The van der Waals surface area contributed by atoms with E-state index in [2.05, 4.69) is 22.1 Å². The number of aromatic nitrogens is 1. The molecule has 2 heterocycles. The SMILES string of the molecule is CCCN(Cc1cc(Cl)ccn1)CC1CCCCN1. The van der Waals surface area contributed by atoms with Crippen molar-refractivity contribution in [2.24, 2.45) is 0 Å². The molecule has 0 aromatic carbocycles. The summed E-state index contributed by atoms with van der Waals surface area (Å²) in [4.78, 5) is 6.90. The van der Waals surface area contributed by atoms with Crippen LogP contribution < -0.4 is 5.32 Å². The van der Waals surface area contributed by atoms with E-state index in [9.17, 15) is 0 Å². The number of piperidine rings is 1. The smallest absolute Gasteiger partial charge is 0.0558 e. The van der Waals surface area contributed by atoms with E-state index in [4.69, 9.17) is 11.6 Å². The van der Waals surface area contributed by atoms with E-state index in [-0.39, 0.29) is 0 Å². The highest BCUT2D eigenvalue weighted by molar-refractivity contribution is 6.30. The number of rotatable bonds is 6. The Labute approximate surface area is 121 Å². The third-order valence-corrected chi connectivity index (χ3v) is 3.83. The van der Waals surface area contributed by atoms with Crippen LogP contribution in [0.5, 0.6) is 0 Å². The molecule has 19 heavy (non-hydrogen) atoms. The van der Waals surface area contributed by atoms with Crippen LogP contribution >= 0.6 is 11.6 Å². The number of pyridine rings is 1. The summed E-state index contributed by atoms with van der Waals surface area (Å²) < 4.78 is 0. The van der Waals surface area contributed by atoms with Crippen molar-refractivity contribution in [3.8, 4) is 0 Å². The van der Waals surface area contributed by atoms with Crippen molar-refractivity contribution >= 4 is 11.6 Å². The zero-order chi connectivity index (χ0) is 13.5. The third kappa shape index (κ3) is 5.09. The Balaban J connectivity index is 1.91. The molecule has 4 heteroatoms. The molecular weight excluding hydrogens is 258 g/mol. The van der Waals surface area contributed by atoms with Crippen molar-refractivity contribution in [1.82, 2.24) is 15.2 Å². The molecule has 1 fully saturated rings. The summed E-state index contributed by atoms with van der Waals surface area (Å²) in [5.74, 6) is 0. The normalized spacial score (nSPS) is 19.8. The summed E-state index contributed by atoms with van der Waals surface area (Å²) in [7, 11) is 0. The number of hydrogen-bond acceptors (Lipinski definition) is 3. The van der Waals surface area contributed by atoms with Gasteiger partial charge in [-0.05, 0) is 44.5 Å². The molecule has 1 aromatic rings. The molecule has 1 aliphatic heterocycles. The average molecular weight is 282 g/mol. The highest BCUT2D eigenvalue weighted by atomic mass is 35.5. The molecular formula is C15H24ClN3. The molecule has 1 aliphatic rings. The second kappa shape index (κ2) is 7.83. The van der Waals surface area contributed by atoms with Crippen LogP contribution in [-0.2, 0) is 6.54 Å². The Kier molecular flexibility index (Phi) is 6.08. The molecule has 0 bridgehead atoms. The number of hydrogen-bond donors (Lipinski definition) is 1. The van der Waals surface area contributed by atoms with Gasteiger partial charge in [-0.1, -0.05) is 24.9 Å². The van der Waals surface area contributed by atoms with E-state index >= 15 is 0 Å². The molecule has 0 spiro atoms. The lowest BCUT2D eigenvalue weighted by atomic mass is 10.0. The summed E-state index contributed by atoms with van der Waals surface area (Å²) in [5, 5.41) is 4.39. The van der Waals surface area contributed by atoms with Crippen LogP contribution in [0.15, 0.2) is 18.3 Å². The minimum Gasteiger partial charge on any atom is -0.313 e. The lowest BCUT2D eigenvalue weighted by Crippen LogP contribution is -2.43. The minimum absolute atomic E-state index is 0.638. The highest BCUT2D eigenvalue weighted by Crippen LogP contribution is 2.13. The van der Waals surface area contributed by atoms with Gasteiger partial charge in [-0.2, -0.15) is 0 Å². The van der Waals surface area contributed by atoms with Crippen molar-refractivity contribution in [3.05, 3.63) is 29.0 Å². The first-order valence-electron chi connectivity index (χ1n) is 7.34. The van der Waals surface area contributed by atoms with Gasteiger partial charge in [0, 0.05) is 30.4 Å². The largest absolute Gasteiger partial charge is 0.313 e. The molecule has 1 unspecified atom stereocenters. The van der Waals surface area contributed by atoms with Crippen LogP contribution in [0.1, 0.15) is 38.3 Å². The summed E-state index contributed by atoms with van der Waals surface area (Å²) >= 11 is 6.03. The molecule has 1 saturated heterocycles. The zero-order valence-corrected chi connectivity index (χ0v) is 12.5. The predicted molar refractivity (Wildman–Crippen MR) is 80.5 cm³/mol. The second-order valence-electron chi connectivity index (χ2n) is 5.35. The van der Waals surface area contributed by atoms with Crippen LogP contribution in [-0.4, -0.2) is 35.6 Å². The van der Waals surface area contributed by atoms with Crippen LogP contribution in [0.2, 0.25) is 5.02 Å². The van der Waals surface area contributed by atoms with E-state index in [1.165, 1.54) is 32.2 Å². The summed E-state index contributed by atoms with van der Waals surface area (Å²) in [6.45, 7) is 6.52. The first kappa shape index (κ1) is 14.8. The standard InChI is InChI=1S/C15H24ClN3/c1-2-9-19(11-14-5-3-4-7-17-14)12-15-10-13(16)6-8-18-15/h6,8,10,14,17H,2-5,7,9,11-12H2,1H3. The Morgan fingerprint density at radius 1 is 1.47 bits per heavy atom. The number of nitrogens with zero attached hydrogens (tertiary/aromatic N) is 2. The Morgan fingerprint density at radius 3 is 3.05 bits per heavy atom. The van der Waals surface area contributed by atoms with E-state index in [0.717, 1.165) is 30.4 Å². The molecule has 0 amide bonds. The Morgan fingerprint density at radius 2 is 2.37 bits per heavy atom. The predicted octanol–water partition coefficient (Wildman–Crippen LogP) is 3.09. The molecule has 106 valence electrons. The maximum absolute atomic E-state index is 6.03. The lowest BCUT2D eigenvalue weighted by molar-refractivity contribution is 0.215. The van der Waals surface area contributed by atoms with Crippen molar-refractivity contribution in [1.29, 1.82) is 0 Å². The average Bonchev–Trinajstić information content (AvgIpc) is 2.40. The first-order chi connectivity index (χ1) is 9.28. The van der Waals surface area contributed by atoms with E-state index in [1.54, 1.807) is 6.20 Å². The Hall–Kier alpha value is -0.640. The highest BCUT2D eigenvalue weighted by Gasteiger charge is 2.16.